The van der Waals surface area contributed by atoms with Crippen LogP contribution in [0, 0.1) is 10.5 Å². The molecule has 0 unspecified atom stereocenters. The maximum atomic E-state index is 5.90. The fourth-order valence-electron chi connectivity index (χ4n) is 1.28. The first-order valence-corrected chi connectivity index (χ1v) is 5.31. The number of anilines is 1. The van der Waals surface area contributed by atoms with E-state index in [1.807, 2.05) is 37.5 Å². The average Bonchev–Trinajstić information content (AvgIpc) is 2.51. The molecule has 1 aromatic carbocycles. The van der Waals surface area contributed by atoms with Crippen molar-refractivity contribution in [3.63, 3.8) is 0 Å². The van der Waals surface area contributed by atoms with Crippen molar-refractivity contribution in [2.75, 3.05) is 5.73 Å². The van der Waals surface area contributed by atoms with Gasteiger partial charge in [0.05, 0.1) is 17.6 Å². The third kappa shape index (κ3) is 1.75. The largest absolute Gasteiger partial charge is 0.397 e. The first kappa shape index (κ1) is 9.51. The van der Waals surface area contributed by atoms with E-state index in [0.717, 1.165) is 20.5 Å². The molecule has 14 heavy (non-hydrogen) atoms. The highest BCUT2D eigenvalue weighted by Crippen LogP contribution is 2.19. The van der Waals surface area contributed by atoms with Gasteiger partial charge in [0, 0.05) is 9.77 Å². The summed E-state index contributed by atoms with van der Waals surface area (Å²) in [6.45, 7) is 2.01. The predicted octanol–water partition coefficient (Wildman–Crippen LogP) is 2.37. The monoisotopic (exact) mass is 299 g/mol. The van der Waals surface area contributed by atoms with Crippen LogP contribution in [-0.4, -0.2) is 9.78 Å². The van der Waals surface area contributed by atoms with Gasteiger partial charge in [0.1, 0.15) is 0 Å². The number of hydrogen-bond donors (Lipinski definition) is 1. The Morgan fingerprint density at radius 1 is 1.43 bits per heavy atom. The standard InChI is InChI=1S/C10H10IN3/c1-7-5-13-14(6-7)10-3-2-8(11)4-9(10)12/h2-6H,12H2,1H3. The summed E-state index contributed by atoms with van der Waals surface area (Å²) in [7, 11) is 0. The molecular weight excluding hydrogens is 289 g/mol. The maximum Gasteiger partial charge on any atom is 0.0875 e. The quantitative estimate of drug-likeness (QED) is 0.649. The molecule has 0 fully saturated rings. The second-order valence-electron chi connectivity index (χ2n) is 3.17. The van der Waals surface area contributed by atoms with Crippen molar-refractivity contribution in [3.8, 4) is 5.69 Å². The predicted molar refractivity (Wildman–Crippen MR) is 65.4 cm³/mol. The number of benzene rings is 1. The van der Waals surface area contributed by atoms with E-state index in [2.05, 4.69) is 27.7 Å². The van der Waals surface area contributed by atoms with Crippen molar-refractivity contribution >= 4 is 28.3 Å². The van der Waals surface area contributed by atoms with E-state index in [1.165, 1.54) is 0 Å². The van der Waals surface area contributed by atoms with E-state index in [9.17, 15) is 0 Å². The van der Waals surface area contributed by atoms with Crippen molar-refractivity contribution in [2.45, 2.75) is 6.92 Å². The van der Waals surface area contributed by atoms with Crippen LogP contribution in [0.1, 0.15) is 5.56 Å². The highest BCUT2D eigenvalue weighted by Gasteiger charge is 2.02. The lowest BCUT2D eigenvalue weighted by molar-refractivity contribution is 0.882. The zero-order valence-electron chi connectivity index (χ0n) is 7.74. The number of rotatable bonds is 1. The number of hydrogen-bond acceptors (Lipinski definition) is 2. The molecule has 0 spiro atoms. The molecule has 0 aliphatic carbocycles. The number of nitrogens with zero attached hydrogens (tertiary/aromatic N) is 2. The Morgan fingerprint density at radius 3 is 2.79 bits per heavy atom. The minimum atomic E-state index is 0.750. The molecule has 72 valence electrons. The SMILES string of the molecule is Cc1cnn(-c2ccc(I)cc2N)c1. The van der Waals surface area contributed by atoms with Crippen LogP contribution in [-0.2, 0) is 0 Å². The third-order valence-corrected chi connectivity index (χ3v) is 2.62. The van der Waals surface area contributed by atoms with Crippen LogP contribution in [0.25, 0.3) is 5.69 Å². The Bertz CT molecular complexity index is 462. The molecule has 0 amide bonds. The number of aryl methyl sites for hydroxylation is 1. The molecule has 0 saturated carbocycles. The fraction of sp³-hybridized carbons (Fsp3) is 0.100. The van der Waals surface area contributed by atoms with E-state index in [4.69, 9.17) is 5.73 Å². The minimum Gasteiger partial charge on any atom is -0.397 e. The summed E-state index contributed by atoms with van der Waals surface area (Å²) in [5.41, 5.74) is 8.70. The molecule has 1 heterocycles. The number of halogens is 1. The fourth-order valence-corrected chi connectivity index (χ4v) is 1.79. The van der Waals surface area contributed by atoms with Crippen LogP contribution in [0.5, 0.6) is 0 Å². The summed E-state index contributed by atoms with van der Waals surface area (Å²) in [5.74, 6) is 0. The molecule has 2 aromatic rings. The van der Waals surface area contributed by atoms with Gasteiger partial charge in [-0.15, -0.1) is 0 Å². The molecule has 2 rings (SSSR count). The van der Waals surface area contributed by atoms with Gasteiger partial charge in [-0.3, -0.25) is 0 Å². The van der Waals surface area contributed by atoms with Crippen LogP contribution in [0.3, 0.4) is 0 Å². The molecule has 0 bridgehead atoms. The third-order valence-electron chi connectivity index (χ3n) is 1.95. The second kappa shape index (κ2) is 3.61. The smallest absolute Gasteiger partial charge is 0.0875 e. The molecule has 1 aromatic heterocycles. The minimum absolute atomic E-state index is 0.750. The lowest BCUT2D eigenvalue weighted by atomic mass is 10.3. The number of aromatic nitrogens is 2. The molecule has 0 aliphatic rings. The van der Waals surface area contributed by atoms with Gasteiger partial charge in [0.15, 0.2) is 0 Å². The van der Waals surface area contributed by atoms with Gasteiger partial charge in [0.2, 0.25) is 0 Å². The lowest BCUT2D eigenvalue weighted by Gasteiger charge is -2.05. The van der Waals surface area contributed by atoms with Crippen LogP contribution < -0.4 is 5.73 Å². The van der Waals surface area contributed by atoms with Gasteiger partial charge in [-0.2, -0.15) is 5.10 Å². The molecule has 0 saturated heterocycles. The van der Waals surface area contributed by atoms with Crippen LogP contribution in [0.2, 0.25) is 0 Å². The first-order chi connectivity index (χ1) is 6.66. The van der Waals surface area contributed by atoms with Gasteiger partial charge < -0.3 is 5.73 Å². The molecular formula is C10H10IN3. The normalized spacial score (nSPS) is 10.4. The summed E-state index contributed by atoms with van der Waals surface area (Å²) in [6, 6.07) is 5.93. The molecule has 2 N–H and O–H groups in total. The zero-order chi connectivity index (χ0) is 10.1. The first-order valence-electron chi connectivity index (χ1n) is 4.23. The van der Waals surface area contributed by atoms with Crippen molar-refractivity contribution in [3.05, 3.63) is 39.7 Å². The number of nitrogens with two attached hydrogens (primary N) is 1. The van der Waals surface area contributed by atoms with E-state index >= 15 is 0 Å². The topological polar surface area (TPSA) is 43.8 Å². The van der Waals surface area contributed by atoms with Crippen molar-refractivity contribution < 1.29 is 0 Å². The summed E-state index contributed by atoms with van der Waals surface area (Å²) < 4.78 is 2.92. The van der Waals surface area contributed by atoms with Crippen molar-refractivity contribution in [1.82, 2.24) is 9.78 Å². The van der Waals surface area contributed by atoms with Crippen LogP contribution in [0.15, 0.2) is 30.6 Å². The average molecular weight is 299 g/mol. The van der Waals surface area contributed by atoms with Crippen LogP contribution >= 0.6 is 22.6 Å². The highest BCUT2D eigenvalue weighted by atomic mass is 127. The Hall–Kier alpha value is -1.04. The molecule has 4 heteroatoms. The Kier molecular flexibility index (Phi) is 2.45. The molecule has 3 nitrogen and oxygen atoms in total. The van der Waals surface area contributed by atoms with Gasteiger partial charge in [-0.25, -0.2) is 4.68 Å². The Balaban J connectivity index is 2.52. The zero-order valence-corrected chi connectivity index (χ0v) is 9.89. The van der Waals surface area contributed by atoms with E-state index in [0.29, 0.717) is 0 Å². The van der Waals surface area contributed by atoms with E-state index in [-0.39, 0.29) is 0 Å². The Morgan fingerprint density at radius 2 is 2.21 bits per heavy atom. The molecule has 0 aliphatic heterocycles. The highest BCUT2D eigenvalue weighted by molar-refractivity contribution is 14.1. The summed E-state index contributed by atoms with van der Waals surface area (Å²) in [5, 5.41) is 4.21. The summed E-state index contributed by atoms with van der Waals surface area (Å²) >= 11 is 2.24. The maximum absolute atomic E-state index is 5.90. The Labute approximate surface area is 96.1 Å². The molecule has 0 atom stereocenters. The van der Waals surface area contributed by atoms with Crippen molar-refractivity contribution in [2.24, 2.45) is 0 Å². The number of nitrogen functional groups attached to an aromatic ring is 1. The van der Waals surface area contributed by atoms with E-state index in [1.54, 1.807) is 4.68 Å². The van der Waals surface area contributed by atoms with Gasteiger partial charge in [-0.1, -0.05) is 0 Å². The van der Waals surface area contributed by atoms with Crippen molar-refractivity contribution in [1.29, 1.82) is 0 Å². The van der Waals surface area contributed by atoms with E-state index < -0.39 is 0 Å². The van der Waals surface area contributed by atoms with Gasteiger partial charge in [-0.05, 0) is 53.3 Å². The summed E-state index contributed by atoms with van der Waals surface area (Å²) in [6.07, 6.45) is 3.77. The molecule has 0 radical (unpaired) electrons. The van der Waals surface area contributed by atoms with Crippen LogP contribution in [0.4, 0.5) is 5.69 Å². The summed E-state index contributed by atoms with van der Waals surface area (Å²) in [4.78, 5) is 0. The second-order valence-corrected chi connectivity index (χ2v) is 4.41. The lowest BCUT2D eigenvalue weighted by Crippen LogP contribution is -2.00. The van der Waals surface area contributed by atoms with Gasteiger partial charge in [0.25, 0.3) is 0 Å². The van der Waals surface area contributed by atoms with Gasteiger partial charge >= 0.3 is 0 Å².